The number of hydrogen-bond acceptors (Lipinski definition) is 3. The van der Waals surface area contributed by atoms with Gasteiger partial charge < -0.3 is 10.2 Å². The monoisotopic (exact) mass is 398 g/mol. The Balaban J connectivity index is 2.06. The average Bonchev–Trinajstić information content (AvgIpc) is 2.70. The first kappa shape index (κ1) is 22.0. The zero-order valence-electron chi connectivity index (χ0n) is 17.2. The minimum Gasteiger partial charge on any atom is -0.340 e. The minimum absolute atomic E-state index is 0.0605. The van der Waals surface area contributed by atoms with E-state index in [2.05, 4.69) is 36.5 Å². The van der Waals surface area contributed by atoms with Gasteiger partial charge in [0.15, 0.2) is 0 Å². The third-order valence-electron chi connectivity index (χ3n) is 4.72. The van der Waals surface area contributed by atoms with E-state index in [0.717, 1.165) is 23.3 Å². The van der Waals surface area contributed by atoms with Gasteiger partial charge in [0, 0.05) is 19.2 Å². The van der Waals surface area contributed by atoms with Gasteiger partial charge in [-0.2, -0.15) is 11.8 Å². The summed E-state index contributed by atoms with van der Waals surface area (Å²) in [5.74, 6) is 0.544. The van der Waals surface area contributed by atoms with Crippen LogP contribution in [0.25, 0.3) is 0 Å². The first-order chi connectivity index (χ1) is 13.4. The Hall–Kier alpha value is -2.27. The van der Waals surface area contributed by atoms with E-state index in [1.165, 1.54) is 5.56 Å². The Bertz CT molecular complexity index is 789. The molecule has 0 heterocycles. The molecular formula is C23H30N2O2S. The quantitative estimate of drug-likeness (QED) is 0.693. The Morgan fingerprint density at radius 2 is 1.79 bits per heavy atom. The summed E-state index contributed by atoms with van der Waals surface area (Å²) in [6.45, 7) is 4.60. The highest BCUT2D eigenvalue weighted by Gasteiger charge is 2.24. The second kappa shape index (κ2) is 10.9. The highest BCUT2D eigenvalue weighted by molar-refractivity contribution is 7.98. The molecule has 2 amide bonds. The van der Waals surface area contributed by atoms with Gasteiger partial charge in [0.1, 0.15) is 6.04 Å². The average molecular weight is 399 g/mol. The van der Waals surface area contributed by atoms with E-state index in [4.69, 9.17) is 0 Å². The molecule has 0 aromatic heterocycles. The van der Waals surface area contributed by atoms with Gasteiger partial charge in [-0.3, -0.25) is 9.59 Å². The van der Waals surface area contributed by atoms with Crippen LogP contribution >= 0.6 is 11.8 Å². The van der Waals surface area contributed by atoms with Crippen molar-refractivity contribution in [3.8, 4) is 0 Å². The lowest BCUT2D eigenvalue weighted by Crippen LogP contribution is -2.47. The highest BCUT2D eigenvalue weighted by atomic mass is 32.2. The van der Waals surface area contributed by atoms with E-state index in [9.17, 15) is 9.59 Å². The fourth-order valence-electron chi connectivity index (χ4n) is 3.02. The van der Waals surface area contributed by atoms with E-state index in [1.807, 2.05) is 31.4 Å². The molecule has 0 radical (unpaired) electrons. The Kier molecular flexibility index (Phi) is 8.58. The lowest BCUT2D eigenvalue weighted by atomic mass is 10.1. The van der Waals surface area contributed by atoms with E-state index < -0.39 is 6.04 Å². The summed E-state index contributed by atoms with van der Waals surface area (Å²) in [5, 5.41) is 2.94. The summed E-state index contributed by atoms with van der Waals surface area (Å²) in [4.78, 5) is 27.3. The lowest BCUT2D eigenvalue weighted by Gasteiger charge is -2.25. The summed E-state index contributed by atoms with van der Waals surface area (Å²) in [7, 11) is 1.79. The van der Waals surface area contributed by atoms with Crippen molar-refractivity contribution >= 4 is 23.6 Å². The van der Waals surface area contributed by atoms with Crippen molar-refractivity contribution in [1.82, 2.24) is 10.2 Å². The first-order valence-corrected chi connectivity index (χ1v) is 11.0. The van der Waals surface area contributed by atoms with Crippen LogP contribution in [0.1, 0.15) is 40.4 Å². The van der Waals surface area contributed by atoms with Gasteiger partial charge >= 0.3 is 0 Å². The maximum Gasteiger partial charge on any atom is 0.251 e. The van der Waals surface area contributed by atoms with Crippen molar-refractivity contribution in [2.75, 3.05) is 19.1 Å². The molecule has 0 aliphatic rings. The van der Waals surface area contributed by atoms with Gasteiger partial charge in [-0.05, 0) is 55.0 Å². The van der Waals surface area contributed by atoms with Crippen LogP contribution in [-0.2, 0) is 17.8 Å². The topological polar surface area (TPSA) is 49.4 Å². The number of benzene rings is 2. The summed E-state index contributed by atoms with van der Waals surface area (Å²) in [6.07, 6.45) is 3.61. The van der Waals surface area contributed by atoms with E-state index >= 15 is 0 Å². The number of nitrogens with zero attached hydrogens (tertiary/aromatic N) is 1. The lowest BCUT2D eigenvalue weighted by molar-refractivity contribution is -0.132. The number of amides is 2. The Morgan fingerprint density at radius 3 is 2.39 bits per heavy atom. The molecule has 0 saturated carbocycles. The Labute approximate surface area is 172 Å². The summed E-state index contributed by atoms with van der Waals surface area (Å²) < 4.78 is 0. The fourth-order valence-corrected chi connectivity index (χ4v) is 3.49. The normalized spacial score (nSPS) is 11.7. The van der Waals surface area contributed by atoms with Gasteiger partial charge in [0.25, 0.3) is 5.91 Å². The van der Waals surface area contributed by atoms with Crippen LogP contribution in [0, 0.1) is 6.92 Å². The van der Waals surface area contributed by atoms with Crippen molar-refractivity contribution in [1.29, 1.82) is 0 Å². The molecule has 0 saturated heterocycles. The van der Waals surface area contributed by atoms with Crippen LogP contribution in [0.15, 0.2) is 48.5 Å². The van der Waals surface area contributed by atoms with Crippen molar-refractivity contribution in [3.05, 3.63) is 70.8 Å². The molecule has 1 atom stereocenters. The standard InChI is InChI=1S/C23H30N2O2S/c1-5-18-9-11-19(12-10-18)16-25(3)23(27)21(13-14-28-4)24-22(26)20-8-6-7-17(2)15-20/h6-12,15,21H,5,13-14,16H2,1-4H3,(H,24,26). The van der Waals surface area contributed by atoms with Gasteiger partial charge in [-0.15, -0.1) is 0 Å². The van der Waals surface area contributed by atoms with Crippen LogP contribution in [0.2, 0.25) is 0 Å². The second-order valence-corrected chi connectivity index (χ2v) is 8.03. The summed E-state index contributed by atoms with van der Waals surface area (Å²) in [6, 6.07) is 15.2. The molecule has 5 heteroatoms. The third kappa shape index (κ3) is 6.41. The molecular weight excluding hydrogens is 368 g/mol. The van der Waals surface area contributed by atoms with E-state index in [-0.39, 0.29) is 11.8 Å². The molecule has 4 nitrogen and oxygen atoms in total. The summed E-state index contributed by atoms with van der Waals surface area (Å²) >= 11 is 1.67. The summed E-state index contributed by atoms with van der Waals surface area (Å²) in [5.41, 5.74) is 3.97. The molecule has 28 heavy (non-hydrogen) atoms. The number of carbonyl (C=O) groups excluding carboxylic acids is 2. The van der Waals surface area contributed by atoms with Crippen LogP contribution in [0.5, 0.6) is 0 Å². The van der Waals surface area contributed by atoms with Crippen molar-refractivity contribution in [2.24, 2.45) is 0 Å². The predicted octanol–water partition coefficient (Wildman–Crippen LogP) is 4.07. The number of hydrogen-bond donors (Lipinski definition) is 1. The molecule has 1 unspecified atom stereocenters. The van der Waals surface area contributed by atoms with Crippen LogP contribution < -0.4 is 5.32 Å². The third-order valence-corrected chi connectivity index (χ3v) is 5.37. The maximum absolute atomic E-state index is 13.0. The molecule has 2 rings (SSSR count). The number of likely N-dealkylation sites (N-methyl/N-ethyl adjacent to an activating group) is 1. The molecule has 0 aliphatic heterocycles. The molecule has 2 aromatic carbocycles. The first-order valence-electron chi connectivity index (χ1n) is 9.63. The minimum atomic E-state index is -0.527. The number of aryl methyl sites for hydroxylation is 2. The van der Waals surface area contributed by atoms with Crippen molar-refractivity contribution in [2.45, 2.75) is 39.3 Å². The van der Waals surface area contributed by atoms with Crippen molar-refractivity contribution in [3.63, 3.8) is 0 Å². The van der Waals surface area contributed by atoms with Crippen molar-refractivity contribution < 1.29 is 9.59 Å². The van der Waals surface area contributed by atoms with Gasteiger partial charge in [-0.25, -0.2) is 0 Å². The van der Waals surface area contributed by atoms with Gasteiger partial charge in [-0.1, -0.05) is 48.9 Å². The molecule has 0 aliphatic carbocycles. The van der Waals surface area contributed by atoms with Crippen LogP contribution in [0.3, 0.4) is 0 Å². The second-order valence-electron chi connectivity index (χ2n) is 7.04. The van der Waals surface area contributed by atoms with Gasteiger partial charge in [0.05, 0.1) is 0 Å². The molecule has 0 fully saturated rings. The molecule has 150 valence electrons. The maximum atomic E-state index is 13.0. The zero-order valence-corrected chi connectivity index (χ0v) is 18.0. The predicted molar refractivity (Wildman–Crippen MR) is 118 cm³/mol. The number of rotatable bonds is 9. The fraction of sp³-hybridized carbons (Fsp3) is 0.391. The molecule has 0 spiro atoms. The Morgan fingerprint density at radius 1 is 1.11 bits per heavy atom. The molecule has 2 aromatic rings. The van der Waals surface area contributed by atoms with E-state index in [0.29, 0.717) is 18.5 Å². The number of thioether (sulfide) groups is 1. The highest BCUT2D eigenvalue weighted by Crippen LogP contribution is 2.11. The largest absolute Gasteiger partial charge is 0.340 e. The number of nitrogens with one attached hydrogen (secondary N) is 1. The SMILES string of the molecule is CCc1ccc(CN(C)C(=O)C(CCSC)NC(=O)c2cccc(C)c2)cc1. The van der Waals surface area contributed by atoms with E-state index in [1.54, 1.807) is 29.8 Å². The molecule has 1 N–H and O–H groups in total. The smallest absolute Gasteiger partial charge is 0.251 e. The number of carbonyl (C=O) groups is 2. The zero-order chi connectivity index (χ0) is 20.5. The van der Waals surface area contributed by atoms with Crippen LogP contribution in [-0.4, -0.2) is 41.8 Å². The van der Waals surface area contributed by atoms with Crippen LogP contribution in [0.4, 0.5) is 0 Å². The van der Waals surface area contributed by atoms with Gasteiger partial charge in [0.2, 0.25) is 5.91 Å². The molecule has 0 bridgehead atoms.